The van der Waals surface area contributed by atoms with E-state index in [9.17, 15) is 13.2 Å². The van der Waals surface area contributed by atoms with Crippen LogP contribution in [0.4, 0.5) is 11.4 Å². The molecule has 0 aliphatic carbocycles. The molecule has 9 nitrogen and oxygen atoms in total. The highest BCUT2D eigenvalue weighted by atomic mass is 32.2. The average molecular weight is 570 g/mol. The lowest BCUT2D eigenvalue weighted by Crippen LogP contribution is -2.38. The van der Waals surface area contributed by atoms with E-state index in [4.69, 9.17) is 14.2 Å². The molecule has 4 rings (SSSR count). The first kappa shape index (κ1) is 29.6. The number of fused-ring (bicyclic) bond motifs is 1. The monoisotopic (exact) mass is 569 g/mol. The van der Waals surface area contributed by atoms with E-state index in [0.717, 1.165) is 66.8 Å². The van der Waals surface area contributed by atoms with Gasteiger partial charge in [-0.1, -0.05) is 51.1 Å². The number of morpholine rings is 1. The highest BCUT2D eigenvalue weighted by molar-refractivity contribution is 7.92. The Labute approximate surface area is 236 Å². The highest BCUT2D eigenvalue weighted by Crippen LogP contribution is 2.39. The number of nitrogens with zero attached hydrogens (tertiary/aromatic N) is 1. The lowest BCUT2D eigenvalue weighted by molar-refractivity contribution is -0.115. The Balaban J connectivity index is 1.55. The van der Waals surface area contributed by atoms with Crippen molar-refractivity contribution in [1.82, 2.24) is 4.90 Å². The molecule has 1 fully saturated rings. The first-order valence-corrected chi connectivity index (χ1v) is 15.3. The van der Waals surface area contributed by atoms with Gasteiger partial charge in [-0.15, -0.1) is 0 Å². The fourth-order valence-corrected chi connectivity index (χ4v) is 5.29. The molecule has 0 saturated carbocycles. The zero-order chi connectivity index (χ0) is 28.9. The summed E-state index contributed by atoms with van der Waals surface area (Å²) >= 11 is 0. The highest BCUT2D eigenvalue weighted by Gasteiger charge is 2.22. The topological polar surface area (TPSA) is 106 Å². The molecule has 10 heteroatoms. The number of amides is 1. The van der Waals surface area contributed by atoms with E-state index >= 15 is 0 Å². The van der Waals surface area contributed by atoms with E-state index in [1.54, 1.807) is 6.07 Å². The fourth-order valence-electron chi connectivity index (χ4n) is 4.74. The summed E-state index contributed by atoms with van der Waals surface area (Å²) < 4.78 is 43.7. The van der Waals surface area contributed by atoms with Crippen molar-refractivity contribution in [3.05, 3.63) is 59.7 Å². The van der Waals surface area contributed by atoms with Gasteiger partial charge in [0.15, 0.2) is 5.75 Å². The van der Waals surface area contributed by atoms with Crippen LogP contribution in [-0.2, 0) is 31.4 Å². The molecule has 216 valence electrons. The van der Waals surface area contributed by atoms with Crippen molar-refractivity contribution in [1.29, 1.82) is 0 Å². The molecular formula is C30H39N3O6S. The SMILES string of the molecule is COc1c(NC(=O)Cc2ccc(OCCN3CCOCC3)c3ccccc23)cc(C(C)(C)C)cc1NS(C)(=O)=O. The minimum absolute atomic E-state index is 0.117. The number of carbonyl (C=O) groups is 1. The number of ether oxygens (including phenoxy) is 3. The summed E-state index contributed by atoms with van der Waals surface area (Å²) in [4.78, 5) is 15.7. The molecule has 3 aromatic carbocycles. The second kappa shape index (κ2) is 12.4. The number of anilines is 2. The van der Waals surface area contributed by atoms with Crippen molar-refractivity contribution in [3.8, 4) is 11.5 Å². The van der Waals surface area contributed by atoms with Crippen LogP contribution in [0, 0.1) is 0 Å². The number of rotatable bonds is 10. The molecule has 40 heavy (non-hydrogen) atoms. The maximum absolute atomic E-state index is 13.3. The smallest absolute Gasteiger partial charge is 0.229 e. The molecule has 0 bridgehead atoms. The van der Waals surface area contributed by atoms with Crippen LogP contribution in [0.1, 0.15) is 31.9 Å². The largest absolute Gasteiger partial charge is 0.492 e. The summed E-state index contributed by atoms with van der Waals surface area (Å²) in [6, 6.07) is 15.3. The molecule has 0 radical (unpaired) electrons. The van der Waals surface area contributed by atoms with Gasteiger partial charge in [-0.2, -0.15) is 0 Å². The van der Waals surface area contributed by atoms with E-state index in [0.29, 0.717) is 12.3 Å². The summed E-state index contributed by atoms with van der Waals surface area (Å²) in [6.45, 7) is 10.8. The van der Waals surface area contributed by atoms with Crippen molar-refractivity contribution in [3.63, 3.8) is 0 Å². The van der Waals surface area contributed by atoms with E-state index < -0.39 is 10.0 Å². The molecule has 0 unspecified atom stereocenters. The van der Waals surface area contributed by atoms with Gasteiger partial charge in [-0.05, 0) is 40.1 Å². The van der Waals surface area contributed by atoms with Gasteiger partial charge in [-0.25, -0.2) is 8.42 Å². The molecule has 0 aromatic heterocycles. The minimum Gasteiger partial charge on any atom is -0.492 e. The Bertz CT molecular complexity index is 1460. The predicted octanol–water partition coefficient (Wildman–Crippen LogP) is 4.41. The van der Waals surface area contributed by atoms with Crippen LogP contribution in [0.2, 0.25) is 0 Å². The number of methoxy groups -OCH3 is 1. The van der Waals surface area contributed by atoms with Crippen LogP contribution < -0.4 is 19.5 Å². The zero-order valence-electron chi connectivity index (χ0n) is 23.9. The summed E-state index contributed by atoms with van der Waals surface area (Å²) in [7, 11) is -2.13. The van der Waals surface area contributed by atoms with Crippen molar-refractivity contribution in [2.45, 2.75) is 32.6 Å². The molecule has 1 aliphatic rings. The van der Waals surface area contributed by atoms with Gasteiger partial charge < -0.3 is 19.5 Å². The van der Waals surface area contributed by atoms with Gasteiger partial charge in [0, 0.05) is 25.0 Å². The maximum atomic E-state index is 13.3. The number of nitrogens with one attached hydrogen (secondary N) is 2. The quantitative estimate of drug-likeness (QED) is 0.373. The van der Waals surface area contributed by atoms with Crippen molar-refractivity contribution in [2.24, 2.45) is 0 Å². The number of carbonyl (C=O) groups excluding carboxylic acids is 1. The van der Waals surface area contributed by atoms with E-state index in [1.165, 1.54) is 7.11 Å². The third-order valence-corrected chi connectivity index (χ3v) is 7.41. The van der Waals surface area contributed by atoms with Crippen LogP contribution in [0.25, 0.3) is 10.8 Å². The Hall–Kier alpha value is -3.34. The molecule has 1 amide bonds. The van der Waals surface area contributed by atoms with Gasteiger partial charge in [0.1, 0.15) is 12.4 Å². The van der Waals surface area contributed by atoms with Gasteiger partial charge in [-0.3, -0.25) is 14.4 Å². The van der Waals surface area contributed by atoms with Gasteiger partial charge >= 0.3 is 0 Å². The van der Waals surface area contributed by atoms with E-state index in [1.807, 2.05) is 63.2 Å². The second-order valence-corrected chi connectivity index (χ2v) is 12.8. The van der Waals surface area contributed by atoms with Crippen molar-refractivity contribution in [2.75, 3.05) is 62.9 Å². The Morgan fingerprint density at radius 2 is 1.70 bits per heavy atom. The maximum Gasteiger partial charge on any atom is 0.229 e. The van der Waals surface area contributed by atoms with Crippen LogP contribution in [0.15, 0.2) is 48.5 Å². The average Bonchev–Trinajstić information content (AvgIpc) is 2.89. The van der Waals surface area contributed by atoms with Crippen LogP contribution in [-0.4, -0.2) is 72.0 Å². The summed E-state index contributed by atoms with van der Waals surface area (Å²) in [5, 5.41) is 4.84. The van der Waals surface area contributed by atoms with Crippen LogP contribution in [0.5, 0.6) is 11.5 Å². The molecule has 1 heterocycles. The predicted molar refractivity (Wildman–Crippen MR) is 159 cm³/mol. The first-order valence-electron chi connectivity index (χ1n) is 13.4. The standard InChI is InChI=1S/C30H39N3O6S/c1-30(2,3)22-19-25(29(37-4)26(20-22)32-40(5,35)36)31-28(34)18-21-10-11-27(24-9-7-6-8-23(21)24)39-17-14-33-12-15-38-16-13-33/h6-11,19-20,32H,12-18H2,1-5H3,(H,31,34). The number of hydrogen-bond acceptors (Lipinski definition) is 7. The normalized spacial score (nSPS) is 14.6. The Morgan fingerprint density at radius 1 is 1.02 bits per heavy atom. The molecular weight excluding hydrogens is 530 g/mol. The third kappa shape index (κ3) is 7.65. The molecule has 2 N–H and O–H groups in total. The molecule has 0 spiro atoms. The molecule has 1 saturated heterocycles. The van der Waals surface area contributed by atoms with Crippen LogP contribution >= 0.6 is 0 Å². The summed E-state index contributed by atoms with van der Waals surface area (Å²) in [6.07, 6.45) is 1.20. The molecule has 1 aliphatic heterocycles. The fraction of sp³-hybridized carbons (Fsp3) is 0.433. The van der Waals surface area contributed by atoms with E-state index in [-0.39, 0.29) is 29.2 Å². The van der Waals surface area contributed by atoms with Gasteiger partial charge in [0.2, 0.25) is 15.9 Å². The lowest BCUT2D eigenvalue weighted by atomic mass is 9.86. The van der Waals surface area contributed by atoms with Crippen molar-refractivity contribution >= 4 is 38.1 Å². The summed E-state index contributed by atoms with van der Waals surface area (Å²) in [5.74, 6) is 0.783. The second-order valence-electron chi connectivity index (χ2n) is 11.0. The van der Waals surface area contributed by atoms with E-state index in [2.05, 4.69) is 14.9 Å². The number of hydrogen-bond donors (Lipinski definition) is 2. The number of benzene rings is 3. The Kier molecular flexibility index (Phi) is 9.22. The first-order chi connectivity index (χ1) is 18.9. The Morgan fingerprint density at radius 3 is 2.35 bits per heavy atom. The van der Waals surface area contributed by atoms with Crippen LogP contribution in [0.3, 0.4) is 0 Å². The zero-order valence-corrected chi connectivity index (χ0v) is 24.7. The summed E-state index contributed by atoms with van der Waals surface area (Å²) in [5.41, 5.74) is 2.08. The van der Waals surface area contributed by atoms with Gasteiger partial charge in [0.05, 0.1) is 44.4 Å². The van der Waals surface area contributed by atoms with Crippen molar-refractivity contribution < 1.29 is 27.4 Å². The van der Waals surface area contributed by atoms with Gasteiger partial charge in [0.25, 0.3) is 0 Å². The number of sulfonamides is 1. The third-order valence-electron chi connectivity index (χ3n) is 6.82. The minimum atomic E-state index is -3.57. The molecule has 3 aromatic rings. The lowest BCUT2D eigenvalue weighted by Gasteiger charge is -2.26. The molecule has 0 atom stereocenters.